The number of thioether (sulfide) groups is 1. The summed E-state index contributed by atoms with van der Waals surface area (Å²) in [6, 6.07) is 7.60. The van der Waals surface area contributed by atoms with E-state index in [4.69, 9.17) is 0 Å². The van der Waals surface area contributed by atoms with Crippen molar-refractivity contribution in [2.45, 2.75) is 22.8 Å². The van der Waals surface area contributed by atoms with Gasteiger partial charge in [-0.05, 0) is 37.3 Å². The van der Waals surface area contributed by atoms with Crippen molar-refractivity contribution in [3.8, 4) is 0 Å². The SMILES string of the molecule is CSc1cccc(NC(=O)[C@H]2CCCN(S(=O)(=O)c3cnc[nH]3)C2)c1. The first-order chi connectivity index (χ1) is 12.0. The Morgan fingerprint density at radius 1 is 1.44 bits per heavy atom. The molecule has 25 heavy (non-hydrogen) atoms. The largest absolute Gasteiger partial charge is 0.335 e. The van der Waals surface area contributed by atoms with Gasteiger partial charge in [0.15, 0.2) is 5.03 Å². The zero-order valence-electron chi connectivity index (χ0n) is 13.8. The number of anilines is 1. The third-order valence-corrected chi connectivity index (χ3v) is 6.70. The predicted molar refractivity (Wildman–Crippen MR) is 96.9 cm³/mol. The number of aromatic amines is 1. The Kier molecular flexibility index (Phi) is 5.45. The molecule has 1 amide bonds. The summed E-state index contributed by atoms with van der Waals surface area (Å²) in [5.41, 5.74) is 0.727. The topological polar surface area (TPSA) is 95.2 Å². The Bertz CT molecular complexity index is 837. The first kappa shape index (κ1) is 18.0. The van der Waals surface area contributed by atoms with Crippen LogP contribution < -0.4 is 5.32 Å². The molecule has 0 radical (unpaired) electrons. The van der Waals surface area contributed by atoms with Crippen molar-refractivity contribution in [2.75, 3.05) is 24.7 Å². The highest BCUT2D eigenvalue weighted by atomic mass is 32.2. The summed E-state index contributed by atoms with van der Waals surface area (Å²) in [7, 11) is -3.64. The summed E-state index contributed by atoms with van der Waals surface area (Å²) >= 11 is 1.60. The predicted octanol–water partition coefficient (Wildman–Crippen LogP) is 2.17. The number of H-pyrrole nitrogens is 1. The number of nitrogens with zero attached hydrogens (tertiary/aromatic N) is 2. The van der Waals surface area contributed by atoms with Gasteiger partial charge in [-0.15, -0.1) is 11.8 Å². The molecule has 2 heterocycles. The quantitative estimate of drug-likeness (QED) is 0.775. The highest BCUT2D eigenvalue weighted by Gasteiger charge is 2.34. The van der Waals surface area contributed by atoms with E-state index in [2.05, 4.69) is 15.3 Å². The van der Waals surface area contributed by atoms with Crippen LogP contribution in [0.1, 0.15) is 12.8 Å². The fourth-order valence-electron chi connectivity index (χ4n) is 2.84. The Morgan fingerprint density at radius 2 is 2.28 bits per heavy atom. The summed E-state index contributed by atoms with van der Waals surface area (Å²) in [5.74, 6) is -0.521. The lowest BCUT2D eigenvalue weighted by atomic mass is 9.99. The molecule has 0 aliphatic carbocycles. The van der Waals surface area contributed by atoms with E-state index in [1.165, 1.54) is 16.8 Å². The fourth-order valence-corrected chi connectivity index (χ4v) is 4.72. The summed E-state index contributed by atoms with van der Waals surface area (Å²) in [6.45, 7) is 0.586. The van der Waals surface area contributed by atoms with Gasteiger partial charge in [0, 0.05) is 23.7 Å². The highest BCUT2D eigenvalue weighted by molar-refractivity contribution is 7.98. The summed E-state index contributed by atoms with van der Waals surface area (Å²) in [5, 5.41) is 2.96. The van der Waals surface area contributed by atoms with Gasteiger partial charge in [-0.1, -0.05) is 6.07 Å². The Labute approximate surface area is 151 Å². The first-order valence-corrected chi connectivity index (χ1v) is 10.6. The number of nitrogens with one attached hydrogen (secondary N) is 2. The molecule has 2 aromatic rings. The zero-order valence-corrected chi connectivity index (χ0v) is 15.4. The van der Waals surface area contributed by atoms with Crippen molar-refractivity contribution in [3.63, 3.8) is 0 Å². The van der Waals surface area contributed by atoms with Gasteiger partial charge in [-0.3, -0.25) is 4.79 Å². The number of carbonyl (C=O) groups is 1. The number of sulfonamides is 1. The van der Waals surface area contributed by atoms with E-state index in [-0.39, 0.29) is 23.4 Å². The van der Waals surface area contributed by atoms with Gasteiger partial charge in [0.2, 0.25) is 5.91 Å². The minimum atomic E-state index is -3.64. The van der Waals surface area contributed by atoms with Crippen LogP contribution in [0.15, 0.2) is 46.7 Å². The minimum absolute atomic E-state index is 0.0567. The summed E-state index contributed by atoms with van der Waals surface area (Å²) in [4.78, 5) is 20.0. The number of rotatable bonds is 5. The summed E-state index contributed by atoms with van der Waals surface area (Å²) < 4.78 is 26.5. The fraction of sp³-hybridized carbons (Fsp3) is 0.375. The van der Waals surface area contributed by atoms with Crippen molar-refractivity contribution >= 4 is 33.4 Å². The van der Waals surface area contributed by atoms with Crippen LogP contribution in [-0.2, 0) is 14.8 Å². The van der Waals surface area contributed by atoms with Crippen LogP contribution in [0.25, 0.3) is 0 Å². The molecule has 1 aliphatic heterocycles. The van der Waals surface area contributed by atoms with Gasteiger partial charge in [-0.2, -0.15) is 4.31 Å². The average Bonchev–Trinajstić information content (AvgIpc) is 3.17. The number of carbonyl (C=O) groups excluding carboxylic acids is 1. The molecular weight excluding hydrogens is 360 g/mol. The first-order valence-electron chi connectivity index (χ1n) is 7.94. The van der Waals surface area contributed by atoms with Crippen molar-refractivity contribution in [1.29, 1.82) is 0 Å². The second kappa shape index (κ2) is 7.59. The number of benzene rings is 1. The second-order valence-electron chi connectivity index (χ2n) is 5.84. The zero-order chi connectivity index (χ0) is 17.9. The number of aromatic nitrogens is 2. The maximum Gasteiger partial charge on any atom is 0.260 e. The molecule has 1 aromatic carbocycles. The van der Waals surface area contributed by atoms with Crippen LogP contribution in [0.3, 0.4) is 0 Å². The molecular formula is C16H20N4O3S2. The van der Waals surface area contributed by atoms with Crippen LogP contribution in [0.5, 0.6) is 0 Å². The Hall–Kier alpha value is -1.84. The van der Waals surface area contributed by atoms with E-state index in [1.807, 2.05) is 30.5 Å². The van der Waals surface area contributed by atoms with E-state index >= 15 is 0 Å². The molecule has 1 saturated heterocycles. The van der Waals surface area contributed by atoms with E-state index in [0.717, 1.165) is 10.6 Å². The molecule has 0 spiro atoms. The molecule has 1 fully saturated rings. The molecule has 0 saturated carbocycles. The van der Waals surface area contributed by atoms with Gasteiger partial charge in [-0.25, -0.2) is 13.4 Å². The number of amides is 1. The number of imidazole rings is 1. The molecule has 3 rings (SSSR count). The van der Waals surface area contributed by atoms with Crippen LogP contribution >= 0.6 is 11.8 Å². The van der Waals surface area contributed by atoms with Crippen molar-refractivity contribution in [3.05, 3.63) is 36.8 Å². The van der Waals surface area contributed by atoms with E-state index in [9.17, 15) is 13.2 Å². The average molecular weight is 380 g/mol. The van der Waals surface area contributed by atoms with Gasteiger partial charge in [0.05, 0.1) is 18.4 Å². The summed E-state index contributed by atoms with van der Waals surface area (Å²) in [6.07, 6.45) is 5.91. The standard InChI is InChI=1S/C16H20N4O3S2/c1-24-14-6-2-5-13(8-14)19-16(21)12-4-3-7-20(10-12)25(22,23)15-9-17-11-18-15/h2,5-6,8-9,11-12H,3-4,7,10H2,1H3,(H,17,18)(H,19,21)/t12-/m0/s1. The monoisotopic (exact) mass is 380 g/mol. The lowest BCUT2D eigenvalue weighted by Crippen LogP contribution is -2.43. The Balaban J connectivity index is 1.69. The highest BCUT2D eigenvalue weighted by Crippen LogP contribution is 2.25. The third-order valence-electron chi connectivity index (χ3n) is 4.18. The lowest BCUT2D eigenvalue weighted by Gasteiger charge is -2.30. The van der Waals surface area contributed by atoms with Gasteiger partial charge in [0.1, 0.15) is 0 Å². The molecule has 0 bridgehead atoms. The third kappa shape index (κ3) is 4.05. The van der Waals surface area contributed by atoms with E-state index < -0.39 is 10.0 Å². The smallest absolute Gasteiger partial charge is 0.260 e. The molecule has 134 valence electrons. The second-order valence-corrected chi connectivity index (χ2v) is 8.63. The van der Waals surface area contributed by atoms with Crippen LogP contribution in [0.4, 0.5) is 5.69 Å². The number of hydrogen-bond acceptors (Lipinski definition) is 5. The van der Waals surface area contributed by atoms with Gasteiger partial charge in [0.25, 0.3) is 10.0 Å². The maximum atomic E-state index is 12.6. The molecule has 1 aliphatic rings. The molecule has 1 aromatic heterocycles. The Morgan fingerprint density at radius 3 is 3.00 bits per heavy atom. The van der Waals surface area contributed by atoms with Gasteiger partial charge >= 0.3 is 0 Å². The molecule has 9 heteroatoms. The number of hydrogen-bond donors (Lipinski definition) is 2. The molecule has 0 unspecified atom stereocenters. The van der Waals surface area contributed by atoms with Crippen molar-refractivity contribution < 1.29 is 13.2 Å². The van der Waals surface area contributed by atoms with Crippen LogP contribution in [0.2, 0.25) is 0 Å². The lowest BCUT2D eigenvalue weighted by molar-refractivity contribution is -0.120. The molecule has 7 nitrogen and oxygen atoms in total. The molecule has 2 N–H and O–H groups in total. The molecule has 1 atom stereocenters. The van der Waals surface area contributed by atoms with E-state index in [1.54, 1.807) is 11.8 Å². The minimum Gasteiger partial charge on any atom is -0.335 e. The van der Waals surface area contributed by atoms with Crippen LogP contribution in [-0.4, -0.2) is 47.9 Å². The van der Waals surface area contributed by atoms with E-state index in [0.29, 0.717) is 19.4 Å². The maximum absolute atomic E-state index is 12.6. The van der Waals surface area contributed by atoms with Crippen LogP contribution in [0, 0.1) is 5.92 Å². The van der Waals surface area contributed by atoms with Crippen molar-refractivity contribution in [2.24, 2.45) is 5.92 Å². The van der Waals surface area contributed by atoms with Gasteiger partial charge < -0.3 is 10.3 Å². The van der Waals surface area contributed by atoms with Crippen molar-refractivity contribution in [1.82, 2.24) is 14.3 Å². The normalized spacial score (nSPS) is 18.8. The number of piperidine rings is 1.